The van der Waals surface area contributed by atoms with E-state index in [0.717, 1.165) is 21.5 Å². The molecule has 1 heterocycles. The molecule has 0 unspecified atom stereocenters. The molecule has 0 amide bonds. The van der Waals surface area contributed by atoms with E-state index in [1.165, 1.54) is 0 Å². The number of hydrogen-bond donors (Lipinski definition) is 0. The molecule has 0 aliphatic carbocycles. The molecule has 4 rings (SSSR count). The first-order valence-electron chi connectivity index (χ1n) is 9.18. The van der Waals surface area contributed by atoms with Gasteiger partial charge in [0, 0.05) is 10.0 Å². The van der Waals surface area contributed by atoms with Gasteiger partial charge in [-0.05, 0) is 60.7 Å². The fourth-order valence-electron chi connectivity index (χ4n) is 3.12. The lowest BCUT2D eigenvalue weighted by Gasteiger charge is -2.15. The number of fused-ring (bicyclic) bond motifs is 1. The fraction of sp³-hybridized carbons (Fsp3) is 0.130. The molecule has 0 saturated heterocycles. The molecule has 4 aromatic rings. The zero-order chi connectivity index (χ0) is 20.2. The molecule has 3 aromatic carbocycles. The van der Waals surface area contributed by atoms with E-state index < -0.39 is 0 Å². The van der Waals surface area contributed by atoms with E-state index in [2.05, 4.69) is 15.9 Å². The van der Waals surface area contributed by atoms with Crippen LogP contribution in [0.4, 0.5) is 0 Å². The molecular weight excluding hydrogens is 432 g/mol. The second-order valence-corrected chi connectivity index (χ2v) is 7.36. The van der Waals surface area contributed by atoms with Crippen molar-refractivity contribution in [2.24, 2.45) is 0 Å². The van der Waals surface area contributed by atoms with Crippen LogP contribution in [0.15, 0.2) is 82.1 Å². The Morgan fingerprint density at radius 2 is 1.62 bits per heavy atom. The predicted molar refractivity (Wildman–Crippen MR) is 118 cm³/mol. The number of hydrogen-bond acceptors (Lipinski definition) is 4. The molecule has 1 aromatic heterocycles. The summed E-state index contributed by atoms with van der Waals surface area (Å²) < 4.78 is 13.7. The van der Waals surface area contributed by atoms with Gasteiger partial charge >= 0.3 is 0 Å². The third kappa shape index (κ3) is 4.17. The maximum atomic E-state index is 13.2. The van der Waals surface area contributed by atoms with E-state index in [1.807, 2.05) is 66.7 Å². The molecule has 5 nitrogen and oxygen atoms in total. The summed E-state index contributed by atoms with van der Waals surface area (Å²) in [6, 6.07) is 22.5. The van der Waals surface area contributed by atoms with Gasteiger partial charge in [0.05, 0.1) is 24.6 Å². The number of nitrogens with zero attached hydrogens (tertiary/aromatic N) is 2. The Hall–Kier alpha value is -3.12. The van der Waals surface area contributed by atoms with E-state index >= 15 is 0 Å². The van der Waals surface area contributed by atoms with Crippen molar-refractivity contribution in [1.82, 2.24) is 9.55 Å². The van der Waals surface area contributed by atoms with Crippen LogP contribution in [0.2, 0.25) is 0 Å². The number of benzene rings is 3. The molecule has 146 valence electrons. The summed E-state index contributed by atoms with van der Waals surface area (Å²) in [5.74, 6) is 2.11. The maximum Gasteiger partial charge on any atom is 0.261 e. The molecule has 0 bridgehead atoms. The first-order valence-corrected chi connectivity index (χ1v) is 9.97. The van der Waals surface area contributed by atoms with E-state index in [-0.39, 0.29) is 5.56 Å². The van der Waals surface area contributed by atoms with Gasteiger partial charge in [0.15, 0.2) is 0 Å². The minimum Gasteiger partial charge on any atom is -0.497 e. The van der Waals surface area contributed by atoms with Gasteiger partial charge in [0.1, 0.15) is 23.9 Å². The Balaban J connectivity index is 1.70. The SMILES string of the molecule is COc1ccc(-c2nc3ccccc3c(=O)n2CCOc2ccc(Br)cc2)cc1. The Bertz CT molecular complexity index is 1190. The van der Waals surface area contributed by atoms with Crippen LogP contribution in [0, 0.1) is 0 Å². The minimum absolute atomic E-state index is 0.0826. The normalized spacial score (nSPS) is 10.8. The molecule has 29 heavy (non-hydrogen) atoms. The van der Waals surface area contributed by atoms with Crippen LogP contribution in [0.5, 0.6) is 11.5 Å². The van der Waals surface area contributed by atoms with Gasteiger partial charge in [-0.25, -0.2) is 4.98 Å². The van der Waals surface area contributed by atoms with Crippen LogP contribution in [0.25, 0.3) is 22.3 Å². The standard InChI is InChI=1S/C23H19BrN2O3/c1-28-18-10-6-16(7-11-18)22-25-21-5-3-2-4-20(21)23(27)26(22)14-15-29-19-12-8-17(24)9-13-19/h2-13H,14-15H2,1H3. The van der Waals surface area contributed by atoms with Crippen molar-refractivity contribution in [2.45, 2.75) is 6.54 Å². The van der Waals surface area contributed by atoms with Gasteiger partial charge in [-0.3, -0.25) is 9.36 Å². The van der Waals surface area contributed by atoms with Gasteiger partial charge in [-0.1, -0.05) is 28.1 Å². The van der Waals surface area contributed by atoms with E-state index in [9.17, 15) is 4.79 Å². The lowest BCUT2D eigenvalue weighted by molar-refractivity contribution is 0.297. The third-order valence-electron chi connectivity index (χ3n) is 4.61. The van der Waals surface area contributed by atoms with Gasteiger partial charge in [0.25, 0.3) is 5.56 Å². The van der Waals surface area contributed by atoms with E-state index in [1.54, 1.807) is 17.7 Å². The predicted octanol–water partition coefficient (Wildman–Crippen LogP) is 4.91. The summed E-state index contributed by atoms with van der Waals surface area (Å²) in [5, 5.41) is 0.591. The van der Waals surface area contributed by atoms with Crippen molar-refractivity contribution >= 4 is 26.8 Å². The van der Waals surface area contributed by atoms with Gasteiger partial charge in [0.2, 0.25) is 0 Å². The van der Waals surface area contributed by atoms with Crippen molar-refractivity contribution in [3.05, 3.63) is 87.6 Å². The molecule has 0 fully saturated rings. The van der Waals surface area contributed by atoms with Gasteiger partial charge in [-0.2, -0.15) is 0 Å². The van der Waals surface area contributed by atoms with Crippen LogP contribution < -0.4 is 15.0 Å². The zero-order valence-corrected chi connectivity index (χ0v) is 17.4. The van der Waals surface area contributed by atoms with Crippen LogP contribution in [-0.4, -0.2) is 23.3 Å². The molecule has 0 spiro atoms. The molecule has 0 atom stereocenters. The molecule has 6 heteroatoms. The van der Waals surface area contributed by atoms with Crippen LogP contribution in [0.1, 0.15) is 0 Å². The largest absolute Gasteiger partial charge is 0.497 e. The Labute approximate surface area is 176 Å². The van der Waals surface area contributed by atoms with Gasteiger partial charge < -0.3 is 9.47 Å². The van der Waals surface area contributed by atoms with Gasteiger partial charge in [-0.15, -0.1) is 0 Å². The average Bonchev–Trinajstić information content (AvgIpc) is 2.76. The first-order chi connectivity index (χ1) is 14.2. The molecular formula is C23H19BrN2O3. The van der Waals surface area contributed by atoms with Crippen molar-refractivity contribution in [3.63, 3.8) is 0 Å². The number of methoxy groups -OCH3 is 1. The second-order valence-electron chi connectivity index (χ2n) is 6.44. The highest BCUT2D eigenvalue weighted by Gasteiger charge is 2.13. The number of para-hydroxylation sites is 1. The topological polar surface area (TPSA) is 53.3 Å². The summed E-state index contributed by atoms with van der Waals surface area (Å²) in [6.07, 6.45) is 0. The van der Waals surface area contributed by atoms with Crippen molar-refractivity contribution in [1.29, 1.82) is 0 Å². The summed E-state index contributed by atoms with van der Waals surface area (Å²) in [7, 11) is 1.62. The third-order valence-corrected chi connectivity index (χ3v) is 5.14. The highest BCUT2D eigenvalue weighted by molar-refractivity contribution is 9.10. The lowest BCUT2D eigenvalue weighted by atomic mass is 10.1. The van der Waals surface area contributed by atoms with Crippen molar-refractivity contribution in [2.75, 3.05) is 13.7 Å². The number of rotatable bonds is 6. The Kier molecular flexibility index (Phi) is 5.62. The Morgan fingerprint density at radius 1 is 0.931 bits per heavy atom. The zero-order valence-electron chi connectivity index (χ0n) is 15.8. The van der Waals surface area contributed by atoms with Crippen LogP contribution in [0.3, 0.4) is 0 Å². The Morgan fingerprint density at radius 3 is 2.34 bits per heavy atom. The smallest absolute Gasteiger partial charge is 0.261 e. The fourth-order valence-corrected chi connectivity index (χ4v) is 3.39. The minimum atomic E-state index is -0.0826. The maximum absolute atomic E-state index is 13.2. The van der Waals surface area contributed by atoms with E-state index in [0.29, 0.717) is 29.9 Å². The molecule has 0 radical (unpaired) electrons. The average molecular weight is 451 g/mol. The van der Waals surface area contributed by atoms with Crippen LogP contribution in [-0.2, 0) is 6.54 Å². The molecule has 0 N–H and O–H groups in total. The number of aromatic nitrogens is 2. The molecule has 0 aliphatic heterocycles. The number of halogens is 1. The lowest BCUT2D eigenvalue weighted by Crippen LogP contribution is -2.26. The highest BCUT2D eigenvalue weighted by atomic mass is 79.9. The summed E-state index contributed by atoms with van der Waals surface area (Å²) in [5.41, 5.74) is 1.44. The molecule has 0 aliphatic rings. The molecule has 0 saturated carbocycles. The summed E-state index contributed by atoms with van der Waals surface area (Å²) >= 11 is 3.41. The van der Waals surface area contributed by atoms with E-state index in [4.69, 9.17) is 14.5 Å². The van der Waals surface area contributed by atoms with Crippen LogP contribution >= 0.6 is 15.9 Å². The second kappa shape index (κ2) is 8.49. The first kappa shape index (κ1) is 19.2. The monoisotopic (exact) mass is 450 g/mol. The highest BCUT2D eigenvalue weighted by Crippen LogP contribution is 2.22. The quantitative estimate of drug-likeness (QED) is 0.418. The number of ether oxygens (including phenoxy) is 2. The summed E-state index contributed by atoms with van der Waals surface area (Å²) in [6.45, 7) is 0.735. The van der Waals surface area contributed by atoms with Crippen molar-refractivity contribution in [3.8, 4) is 22.9 Å². The summed E-state index contributed by atoms with van der Waals surface area (Å²) in [4.78, 5) is 17.9. The van der Waals surface area contributed by atoms with Crippen molar-refractivity contribution < 1.29 is 9.47 Å².